The summed E-state index contributed by atoms with van der Waals surface area (Å²) in [5.41, 5.74) is 2.52. The van der Waals surface area contributed by atoms with Crippen LogP contribution in [0.15, 0.2) is 6.07 Å². The van der Waals surface area contributed by atoms with E-state index in [0.717, 1.165) is 43.4 Å². The third kappa shape index (κ3) is 1.96. The molecule has 2 atom stereocenters. The molecule has 0 bridgehead atoms. The van der Waals surface area contributed by atoms with E-state index in [-0.39, 0.29) is 0 Å². The van der Waals surface area contributed by atoms with Gasteiger partial charge in [-0.1, -0.05) is 13.3 Å². The van der Waals surface area contributed by atoms with Crippen LogP contribution in [0.3, 0.4) is 0 Å². The van der Waals surface area contributed by atoms with Crippen molar-refractivity contribution in [1.29, 1.82) is 0 Å². The Morgan fingerprint density at radius 1 is 1.56 bits per heavy atom. The molecule has 0 amide bonds. The molecule has 3 rings (SSSR count). The van der Waals surface area contributed by atoms with Crippen molar-refractivity contribution < 1.29 is 9.90 Å². The molecular formula is C14H18N2O2. The number of aromatic carboxylic acids is 1. The minimum absolute atomic E-state index is 0.331. The summed E-state index contributed by atoms with van der Waals surface area (Å²) in [5, 5.41) is 12.6. The number of carbonyl (C=O) groups is 1. The van der Waals surface area contributed by atoms with Crippen LogP contribution in [0.1, 0.15) is 47.8 Å². The molecular weight excluding hydrogens is 228 g/mol. The number of rotatable bonds is 4. The van der Waals surface area contributed by atoms with E-state index in [1.54, 1.807) is 0 Å². The van der Waals surface area contributed by atoms with Crippen molar-refractivity contribution in [2.45, 2.75) is 45.1 Å². The summed E-state index contributed by atoms with van der Waals surface area (Å²) in [4.78, 5) is 15.8. The molecule has 2 aliphatic rings. The van der Waals surface area contributed by atoms with Crippen molar-refractivity contribution >= 4 is 11.8 Å². The van der Waals surface area contributed by atoms with Crippen molar-refractivity contribution in [3.05, 3.63) is 22.9 Å². The summed E-state index contributed by atoms with van der Waals surface area (Å²) in [5.74, 6) is 0.374. The van der Waals surface area contributed by atoms with Gasteiger partial charge in [-0.2, -0.15) is 0 Å². The Morgan fingerprint density at radius 2 is 2.39 bits per heavy atom. The average Bonchev–Trinajstić information content (AvgIpc) is 2.94. The predicted molar refractivity (Wildman–Crippen MR) is 69.0 cm³/mol. The standard InChI is InChI=1S/C14H18N2O2/c1-2-8-7-12(8)16-13-10(14(17)18)6-9-4-3-5-11(9)15-13/h6,8,12H,2-5,7H2,1H3,(H,15,16)(H,17,18). The first-order chi connectivity index (χ1) is 8.69. The zero-order chi connectivity index (χ0) is 12.7. The van der Waals surface area contributed by atoms with Crippen LogP contribution in [0.4, 0.5) is 5.82 Å². The Hall–Kier alpha value is -1.58. The molecule has 18 heavy (non-hydrogen) atoms. The summed E-state index contributed by atoms with van der Waals surface area (Å²) in [6.45, 7) is 2.17. The molecule has 1 heterocycles. The van der Waals surface area contributed by atoms with Crippen LogP contribution in [0.5, 0.6) is 0 Å². The van der Waals surface area contributed by atoms with Gasteiger partial charge < -0.3 is 10.4 Å². The van der Waals surface area contributed by atoms with Gasteiger partial charge in [0.1, 0.15) is 11.4 Å². The summed E-state index contributed by atoms with van der Waals surface area (Å²) < 4.78 is 0. The van der Waals surface area contributed by atoms with Gasteiger partial charge in [0.2, 0.25) is 0 Å². The predicted octanol–water partition coefficient (Wildman–Crippen LogP) is 2.48. The minimum Gasteiger partial charge on any atom is -0.478 e. The lowest BCUT2D eigenvalue weighted by Crippen LogP contribution is -2.13. The van der Waals surface area contributed by atoms with E-state index in [0.29, 0.717) is 23.3 Å². The Bertz CT molecular complexity index is 499. The quantitative estimate of drug-likeness (QED) is 0.856. The van der Waals surface area contributed by atoms with E-state index in [2.05, 4.69) is 17.2 Å². The summed E-state index contributed by atoms with van der Waals surface area (Å²) in [6.07, 6.45) is 5.31. The van der Waals surface area contributed by atoms with Gasteiger partial charge in [-0.15, -0.1) is 0 Å². The number of nitrogens with one attached hydrogen (secondary N) is 1. The molecule has 0 spiro atoms. The third-order valence-electron chi connectivity index (χ3n) is 4.05. The Labute approximate surface area is 106 Å². The first-order valence-electron chi connectivity index (χ1n) is 6.71. The lowest BCUT2D eigenvalue weighted by Gasteiger charge is -2.10. The highest BCUT2D eigenvalue weighted by atomic mass is 16.4. The molecule has 96 valence electrons. The first-order valence-corrected chi connectivity index (χ1v) is 6.71. The second-order valence-corrected chi connectivity index (χ2v) is 5.30. The molecule has 4 nitrogen and oxygen atoms in total. The van der Waals surface area contributed by atoms with Crippen molar-refractivity contribution in [3.8, 4) is 0 Å². The molecule has 1 aromatic rings. The van der Waals surface area contributed by atoms with Gasteiger partial charge >= 0.3 is 5.97 Å². The number of nitrogens with zero attached hydrogens (tertiary/aromatic N) is 1. The fourth-order valence-corrected chi connectivity index (χ4v) is 2.80. The fraction of sp³-hybridized carbons (Fsp3) is 0.571. The molecule has 2 aliphatic carbocycles. The molecule has 2 N–H and O–H groups in total. The van der Waals surface area contributed by atoms with Crippen LogP contribution in [0.2, 0.25) is 0 Å². The van der Waals surface area contributed by atoms with Gasteiger partial charge in [-0.3, -0.25) is 0 Å². The van der Waals surface area contributed by atoms with E-state index in [9.17, 15) is 9.90 Å². The third-order valence-corrected chi connectivity index (χ3v) is 4.05. The average molecular weight is 246 g/mol. The number of carboxylic acid groups (broad SMARTS) is 1. The number of pyridine rings is 1. The van der Waals surface area contributed by atoms with E-state index >= 15 is 0 Å². The first kappa shape index (κ1) is 11.5. The Balaban J connectivity index is 1.89. The maximum atomic E-state index is 11.3. The molecule has 0 aliphatic heterocycles. The van der Waals surface area contributed by atoms with Crippen molar-refractivity contribution in [2.24, 2.45) is 5.92 Å². The maximum absolute atomic E-state index is 11.3. The molecule has 0 aromatic carbocycles. The van der Waals surface area contributed by atoms with Gasteiger partial charge in [0.05, 0.1) is 0 Å². The highest BCUT2D eigenvalue weighted by molar-refractivity contribution is 5.93. The highest BCUT2D eigenvalue weighted by Crippen LogP contribution is 2.37. The van der Waals surface area contributed by atoms with Gasteiger partial charge in [0.25, 0.3) is 0 Å². The van der Waals surface area contributed by atoms with Gasteiger partial charge in [-0.25, -0.2) is 9.78 Å². The smallest absolute Gasteiger partial charge is 0.339 e. The van der Waals surface area contributed by atoms with Crippen LogP contribution >= 0.6 is 0 Å². The SMILES string of the molecule is CCC1CC1Nc1nc2c(cc1C(=O)O)CCC2. The van der Waals surface area contributed by atoms with Crippen molar-refractivity contribution in [3.63, 3.8) is 0 Å². The number of aryl methyl sites for hydroxylation is 2. The van der Waals surface area contributed by atoms with Gasteiger partial charge in [-0.05, 0) is 43.2 Å². The molecule has 0 saturated heterocycles. The number of hydrogen-bond acceptors (Lipinski definition) is 3. The summed E-state index contributed by atoms with van der Waals surface area (Å²) in [7, 11) is 0. The van der Waals surface area contributed by atoms with Crippen molar-refractivity contribution in [2.75, 3.05) is 5.32 Å². The number of carboxylic acids is 1. The topological polar surface area (TPSA) is 62.2 Å². The molecule has 2 unspecified atom stereocenters. The second-order valence-electron chi connectivity index (χ2n) is 5.30. The summed E-state index contributed by atoms with van der Waals surface area (Å²) in [6, 6.07) is 2.23. The van der Waals surface area contributed by atoms with Gasteiger partial charge in [0, 0.05) is 11.7 Å². The van der Waals surface area contributed by atoms with Crippen LogP contribution in [-0.2, 0) is 12.8 Å². The minimum atomic E-state index is -0.881. The fourth-order valence-electron chi connectivity index (χ4n) is 2.80. The molecule has 1 saturated carbocycles. The number of aromatic nitrogens is 1. The lowest BCUT2D eigenvalue weighted by atomic mass is 10.1. The lowest BCUT2D eigenvalue weighted by molar-refractivity contribution is 0.0697. The zero-order valence-corrected chi connectivity index (χ0v) is 10.6. The molecule has 4 heteroatoms. The monoisotopic (exact) mass is 246 g/mol. The largest absolute Gasteiger partial charge is 0.478 e. The van der Waals surface area contributed by atoms with E-state index in [4.69, 9.17) is 0 Å². The van der Waals surface area contributed by atoms with Crippen molar-refractivity contribution in [1.82, 2.24) is 4.98 Å². The number of fused-ring (bicyclic) bond motifs is 1. The number of anilines is 1. The summed E-state index contributed by atoms with van der Waals surface area (Å²) >= 11 is 0. The molecule has 1 fully saturated rings. The molecule has 0 radical (unpaired) electrons. The number of hydrogen-bond donors (Lipinski definition) is 2. The van der Waals surface area contributed by atoms with Crippen LogP contribution in [0.25, 0.3) is 0 Å². The van der Waals surface area contributed by atoms with E-state index in [1.165, 1.54) is 0 Å². The molecule has 1 aromatic heterocycles. The van der Waals surface area contributed by atoms with E-state index < -0.39 is 5.97 Å². The normalized spacial score (nSPS) is 24.7. The second kappa shape index (κ2) is 4.26. The van der Waals surface area contributed by atoms with Crippen LogP contribution < -0.4 is 5.32 Å². The highest BCUT2D eigenvalue weighted by Gasteiger charge is 2.36. The van der Waals surface area contributed by atoms with E-state index in [1.807, 2.05) is 6.07 Å². The van der Waals surface area contributed by atoms with Gasteiger partial charge in [0.15, 0.2) is 0 Å². The maximum Gasteiger partial charge on any atom is 0.339 e. The zero-order valence-electron chi connectivity index (χ0n) is 10.6. The Morgan fingerprint density at radius 3 is 3.06 bits per heavy atom. The Kier molecular flexibility index (Phi) is 2.73. The van der Waals surface area contributed by atoms with Crippen LogP contribution in [0, 0.1) is 5.92 Å². The van der Waals surface area contributed by atoms with Crippen LogP contribution in [-0.4, -0.2) is 22.1 Å².